The van der Waals surface area contributed by atoms with E-state index in [1.165, 1.54) is 0 Å². The Bertz CT molecular complexity index is 252. The summed E-state index contributed by atoms with van der Waals surface area (Å²) in [6, 6.07) is -0.112. The van der Waals surface area contributed by atoms with Crippen LogP contribution < -0.4 is 10.5 Å². The zero-order valence-corrected chi connectivity index (χ0v) is 10.5. The summed E-state index contributed by atoms with van der Waals surface area (Å²) < 4.78 is 30.6. The van der Waals surface area contributed by atoms with Gasteiger partial charge in [0.05, 0.1) is 18.5 Å². The Morgan fingerprint density at radius 3 is 2.40 bits per heavy atom. The second kappa shape index (κ2) is 7.16. The SMILES string of the molecule is CC(CCN)NS(=O)(=O)CCOC(C)C. The van der Waals surface area contributed by atoms with Crippen molar-refractivity contribution in [1.82, 2.24) is 4.72 Å². The normalized spacial score (nSPS) is 14.5. The topological polar surface area (TPSA) is 81.4 Å². The Hall–Kier alpha value is -0.170. The van der Waals surface area contributed by atoms with Gasteiger partial charge in [0.25, 0.3) is 0 Å². The first kappa shape index (κ1) is 14.8. The van der Waals surface area contributed by atoms with Gasteiger partial charge in [0.15, 0.2) is 0 Å². The molecule has 5 nitrogen and oxygen atoms in total. The van der Waals surface area contributed by atoms with Gasteiger partial charge in [-0.2, -0.15) is 0 Å². The number of nitrogens with one attached hydrogen (secondary N) is 1. The van der Waals surface area contributed by atoms with Crippen molar-refractivity contribution < 1.29 is 13.2 Å². The molecule has 92 valence electrons. The van der Waals surface area contributed by atoms with Gasteiger partial charge in [0.2, 0.25) is 10.0 Å². The highest BCUT2D eigenvalue weighted by atomic mass is 32.2. The highest BCUT2D eigenvalue weighted by Gasteiger charge is 2.13. The highest BCUT2D eigenvalue weighted by Crippen LogP contribution is 1.95. The summed E-state index contributed by atoms with van der Waals surface area (Å²) in [5, 5.41) is 0. The molecule has 0 aliphatic carbocycles. The number of sulfonamides is 1. The molecule has 0 rings (SSSR count). The molecule has 0 aliphatic heterocycles. The van der Waals surface area contributed by atoms with Gasteiger partial charge in [-0.1, -0.05) is 0 Å². The van der Waals surface area contributed by atoms with Gasteiger partial charge in [-0.3, -0.25) is 0 Å². The minimum atomic E-state index is -3.23. The average Bonchev–Trinajstić information content (AvgIpc) is 2.01. The average molecular weight is 238 g/mol. The lowest BCUT2D eigenvalue weighted by Crippen LogP contribution is -2.36. The van der Waals surface area contributed by atoms with Crippen molar-refractivity contribution >= 4 is 10.0 Å². The van der Waals surface area contributed by atoms with Crippen molar-refractivity contribution in [2.45, 2.75) is 39.3 Å². The molecule has 0 radical (unpaired) electrons. The minimum Gasteiger partial charge on any atom is -0.378 e. The second-order valence-corrected chi connectivity index (χ2v) is 5.71. The lowest BCUT2D eigenvalue weighted by atomic mass is 10.3. The Labute approximate surface area is 92.4 Å². The van der Waals surface area contributed by atoms with Crippen LogP contribution in [0, 0.1) is 0 Å². The van der Waals surface area contributed by atoms with E-state index in [2.05, 4.69) is 4.72 Å². The molecular formula is C9H22N2O3S. The van der Waals surface area contributed by atoms with Crippen molar-refractivity contribution in [2.75, 3.05) is 18.9 Å². The maximum absolute atomic E-state index is 11.5. The third kappa shape index (κ3) is 8.80. The van der Waals surface area contributed by atoms with Crippen LogP contribution in [0.25, 0.3) is 0 Å². The molecule has 0 aromatic heterocycles. The van der Waals surface area contributed by atoms with E-state index in [0.717, 1.165) is 0 Å². The summed E-state index contributed by atoms with van der Waals surface area (Å²) in [7, 11) is -3.23. The molecule has 0 bridgehead atoms. The van der Waals surface area contributed by atoms with Gasteiger partial charge >= 0.3 is 0 Å². The maximum Gasteiger partial charge on any atom is 0.214 e. The predicted molar refractivity (Wildman–Crippen MR) is 61.1 cm³/mol. The van der Waals surface area contributed by atoms with E-state index >= 15 is 0 Å². The third-order valence-corrected chi connectivity index (χ3v) is 3.25. The van der Waals surface area contributed by atoms with Gasteiger partial charge in [-0.05, 0) is 33.7 Å². The van der Waals surface area contributed by atoms with Crippen molar-refractivity contribution in [3.63, 3.8) is 0 Å². The Balaban J connectivity index is 3.87. The molecule has 0 amide bonds. The van der Waals surface area contributed by atoms with Crippen LogP contribution in [0.3, 0.4) is 0 Å². The predicted octanol–water partition coefficient (Wildman–Crippen LogP) is 0.0681. The lowest BCUT2D eigenvalue weighted by Gasteiger charge is -2.13. The summed E-state index contributed by atoms with van der Waals surface area (Å²) in [6.07, 6.45) is 0.700. The first-order valence-electron chi connectivity index (χ1n) is 5.19. The van der Waals surface area contributed by atoms with E-state index in [-0.39, 0.29) is 24.5 Å². The monoisotopic (exact) mass is 238 g/mol. The molecule has 0 heterocycles. The standard InChI is InChI=1S/C9H22N2O3S/c1-8(2)14-6-7-15(12,13)11-9(3)4-5-10/h8-9,11H,4-7,10H2,1-3H3. The van der Waals surface area contributed by atoms with Crippen molar-refractivity contribution in [2.24, 2.45) is 5.73 Å². The van der Waals surface area contributed by atoms with E-state index in [1.807, 2.05) is 13.8 Å². The highest BCUT2D eigenvalue weighted by molar-refractivity contribution is 7.89. The molecule has 6 heteroatoms. The Morgan fingerprint density at radius 1 is 1.33 bits per heavy atom. The van der Waals surface area contributed by atoms with E-state index in [4.69, 9.17) is 10.5 Å². The van der Waals surface area contributed by atoms with Crippen molar-refractivity contribution in [3.05, 3.63) is 0 Å². The summed E-state index contributed by atoms with van der Waals surface area (Å²) >= 11 is 0. The Morgan fingerprint density at radius 2 is 1.93 bits per heavy atom. The van der Waals surface area contributed by atoms with Crippen LogP contribution in [0.5, 0.6) is 0 Å². The minimum absolute atomic E-state index is 0.0000907. The van der Waals surface area contributed by atoms with E-state index in [0.29, 0.717) is 13.0 Å². The van der Waals surface area contributed by atoms with Gasteiger partial charge in [-0.25, -0.2) is 13.1 Å². The quantitative estimate of drug-likeness (QED) is 0.627. The van der Waals surface area contributed by atoms with Crippen molar-refractivity contribution in [1.29, 1.82) is 0 Å². The third-order valence-electron chi connectivity index (χ3n) is 1.78. The number of rotatable bonds is 8. The molecule has 0 aliphatic rings. The number of hydrogen-bond donors (Lipinski definition) is 2. The molecule has 15 heavy (non-hydrogen) atoms. The zero-order chi connectivity index (χ0) is 11.9. The molecule has 0 fully saturated rings. The molecule has 0 spiro atoms. The summed E-state index contributed by atoms with van der Waals surface area (Å²) in [6.45, 7) is 6.25. The lowest BCUT2D eigenvalue weighted by molar-refractivity contribution is 0.0911. The van der Waals surface area contributed by atoms with Gasteiger partial charge in [-0.15, -0.1) is 0 Å². The molecule has 3 N–H and O–H groups in total. The molecule has 0 aromatic rings. The summed E-state index contributed by atoms with van der Waals surface area (Å²) in [5.74, 6) is 0.0000907. The second-order valence-electron chi connectivity index (χ2n) is 3.83. The first-order chi connectivity index (χ1) is 6.87. The van der Waals surface area contributed by atoms with E-state index in [9.17, 15) is 8.42 Å². The van der Waals surface area contributed by atoms with Gasteiger partial charge in [0, 0.05) is 6.04 Å². The molecule has 1 atom stereocenters. The van der Waals surface area contributed by atoms with Crippen LogP contribution in [0.1, 0.15) is 27.2 Å². The largest absolute Gasteiger partial charge is 0.378 e. The smallest absolute Gasteiger partial charge is 0.214 e. The van der Waals surface area contributed by atoms with Crippen LogP contribution in [0.4, 0.5) is 0 Å². The van der Waals surface area contributed by atoms with Crippen LogP contribution in [0.15, 0.2) is 0 Å². The fourth-order valence-corrected chi connectivity index (χ4v) is 2.23. The van der Waals surface area contributed by atoms with Crippen LogP contribution in [-0.2, 0) is 14.8 Å². The molecular weight excluding hydrogens is 216 g/mol. The zero-order valence-electron chi connectivity index (χ0n) is 9.69. The van der Waals surface area contributed by atoms with Gasteiger partial charge in [0.1, 0.15) is 0 Å². The molecule has 0 aromatic carbocycles. The van der Waals surface area contributed by atoms with Crippen LogP contribution in [0.2, 0.25) is 0 Å². The van der Waals surface area contributed by atoms with E-state index in [1.54, 1.807) is 6.92 Å². The van der Waals surface area contributed by atoms with Crippen LogP contribution >= 0.6 is 0 Å². The fourth-order valence-electron chi connectivity index (χ4n) is 1.07. The summed E-state index contributed by atoms with van der Waals surface area (Å²) in [5.41, 5.74) is 5.33. The molecule has 0 saturated heterocycles. The van der Waals surface area contributed by atoms with Gasteiger partial charge < -0.3 is 10.5 Å². The number of ether oxygens (including phenoxy) is 1. The van der Waals surface area contributed by atoms with Crippen LogP contribution in [-0.4, -0.2) is 39.5 Å². The van der Waals surface area contributed by atoms with Crippen molar-refractivity contribution in [3.8, 4) is 0 Å². The maximum atomic E-state index is 11.5. The summed E-state index contributed by atoms with van der Waals surface area (Å²) in [4.78, 5) is 0. The number of hydrogen-bond acceptors (Lipinski definition) is 4. The fraction of sp³-hybridized carbons (Fsp3) is 1.00. The molecule has 1 unspecified atom stereocenters. The Kier molecular flexibility index (Phi) is 7.08. The van der Waals surface area contributed by atoms with E-state index < -0.39 is 10.0 Å². The molecule has 0 saturated carbocycles. The number of nitrogens with two attached hydrogens (primary N) is 1. The first-order valence-corrected chi connectivity index (χ1v) is 6.84.